The first-order chi connectivity index (χ1) is 15.9. The Balaban J connectivity index is 1.46. The molecule has 2 unspecified atom stereocenters. The number of rotatable bonds is 6. The van der Waals surface area contributed by atoms with E-state index in [1.807, 2.05) is 0 Å². The average Bonchev–Trinajstić information content (AvgIpc) is 2.72. The van der Waals surface area contributed by atoms with Crippen molar-refractivity contribution in [3.8, 4) is 0 Å². The Labute approximate surface area is 207 Å². The number of hydrogen-bond donors (Lipinski definition) is 1. The fourth-order valence-electron chi connectivity index (χ4n) is 7.94. The number of anilines is 1. The lowest BCUT2D eigenvalue weighted by Gasteiger charge is -2.65. The maximum absolute atomic E-state index is 13.7. The van der Waals surface area contributed by atoms with Crippen LogP contribution in [-0.4, -0.2) is 26.4 Å². The summed E-state index contributed by atoms with van der Waals surface area (Å²) in [7, 11) is -3.96. The summed E-state index contributed by atoms with van der Waals surface area (Å²) < 4.78 is 28.6. The van der Waals surface area contributed by atoms with Gasteiger partial charge in [0.15, 0.2) is 0 Å². The van der Waals surface area contributed by atoms with Gasteiger partial charge >= 0.3 is 0 Å². The first-order valence-corrected chi connectivity index (χ1v) is 13.9. The van der Waals surface area contributed by atoms with Gasteiger partial charge in [-0.25, -0.2) is 8.42 Å². The van der Waals surface area contributed by atoms with E-state index in [0.29, 0.717) is 22.2 Å². The number of nitrogens with zero attached hydrogens (tertiary/aromatic N) is 1. The second-order valence-corrected chi connectivity index (χ2v) is 13.9. The summed E-state index contributed by atoms with van der Waals surface area (Å²) in [6.45, 7) is 6.22. The van der Waals surface area contributed by atoms with Gasteiger partial charge in [-0.15, -0.1) is 0 Å². The van der Waals surface area contributed by atoms with Crippen molar-refractivity contribution in [3.05, 3.63) is 59.1 Å². The summed E-state index contributed by atoms with van der Waals surface area (Å²) in [6.07, 6.45) is 6.61. The van der Waals surface area contributed by atoms with Crippen molar-refractivity contribution in [2.24, 2.45) is 16.7 Å². The van der Waals surface area contributed by atoms with Crippen LogP contribution in [0.1, 0.15) is 57.9 Å². The number of hydrogen-bond acceptors (Lipinski definition) is 3. The molecule has 0 spiro atoms. The Bertz CT molecular complexity index is 1210. The van der Waals surface area contributed by atoms with Crippen LogP contribution in [0.5, 0.6) is 0 Å². The normalized spacial score (nSPS) is 31.9. The van der Waals surface area contributed by atoms with Crippen LogP contribution < -0.4 is 9.62 Å². The molecule has 6 rings (SSSR count). The minimum atomic E-state index is -3.96. The van der Waals surface area contributed by atoms with E-state index in [-0.39, 0.29) is 33.7 Å². The molecule has 4 aliphatic carbocycles. The highest BCUT2D eigenvalue weighted by Crippen LogP contribution is 2.66. The van der Waals surface area contributed by atoms with Crippen molar-refractivity contribution in [1.82, 2.24) is 5.32 Å². The molecule has 2 aromatic rings. The second kappa shape index (κ2) is 7.99. The van der Waals surface area contributed by atoms with Gasteiger partial charge in [0.25, 0.3) is 10.0 Å². The molecule has 0 aliphatic heterocycles. The van der Waals surface area contributed by atoms with Crippen molar-refractivity contribution in [2.45, 2.75) is 69.7 Å². The molecule has 1 N–H and O–H groups in total. The van der Waals surface area contributed by atoms with E-state index in [4.69, 9.17) is 11.6 Å². The molecule has 4 fully saturated rings. The Hall–Kier alpha value is -2.05. The van der Waals surface area contributed by atoms with Crippen LogP contribution >= 0.6 is 11.6 Å². The van der Waals surface area contributed by atoms with Crippen LogP contribution in [0.2, 0.25) is 5.02 Å². The molecule has 4 bridgehead atoms. The highest BCUT2D eigenvalue weighted by atomic mass is 35.5. The molecule has 34 heavy (non-hydrogen) atoms. The Morgan fingerprint density at radius 2 is 1.65 bits per heavy atom. The Morgan fingerprint density at radius 3 is 2.26 bits per heavy atom. The van der Waals surface area contributed by atoms with Crippen LogP contribution in [0.4, 0.5) is 5.69 Å². The van der Waals surface area contributed by atoms with Crippen molar-refractivity contribution < 1.29 is 13.2 Å². The summed E-state index contributed by atoms with van der Waals surface area (Å²) in [5, 5.41) is 3.82. The van der Waals surface area contributed by atoms with Crippen LogP contribution in [0.25, 0.3) is 0 Å². The molecule has 1 amide bonds. The van der Waals surface area contributed by atoms with Crippen molar-refractivity contribution in [3.63, 3.8) is 0 Å². The third-order valence-corrected chi connectivity index (χ3v) is 10.3. The number of carbonyl (C=O) groups excluding carboxylic acids is 1. The van der Waals surface area contributed by atoms with Crippen molar-refractivity contribution >= 4 is 33.2 Å². The highest BCUT2D eigenvalue weighted by Gasteiger charge is 2.60. The largest absolute Gasteiger partial charge is 0.349 e. The van der Waals surface area contributed by atoms with E-state index < -0.39 is 10.0 Å². The molecule has 0 saturated heterocycles. The minimum Gasteiger partial charge on any atom is -0.349 e. The molecule has 2 atom stereocenters. The van der Waals surface area contributed by atoms with E-state index in [1.54, 1.807) is 55.5 Å². The number of benzene rings is 2. The smallest absolute Gasteiger partial charge is 0.264 e. The van der Waals surface area contributed by atoms with Gasteiger partial charge in [0, 0.05) is 10.6 Å². The molecule has 5 nitrogen and oxygen atoms in total. The zero-order valence-corrected chi connectivity index (χ0v) is 21.7. The number of sulfonamides is 1. The lowest BCUT2D eigenvalue weighted by molar-refractivity contribution is -0.138. The van der Waals surface area contributed by atoms with Crippen LogP contribution in [0.15, 0.2) is 53.4 Å². The summed E-state index contributed by atoms with van der Waals surface area (Å²) in [5.41, 5.74) is 1.31. The Morgan fingerprint density at radius 1 is 1.00 bits per heavy atom. The zero-order valence-electron chi connectivity index (χ0n) is 20.1. The molecule has 4 aliphatic rings. The van der Waals surface area contributed by atoms with Gasteiger partial charge in [-0.3, -0.25) is 9.10 Å². The van der Waals surface area contributed by atoms with Gasteiger partial charge in [-0.1, -0.05) is 49.7 Å². The standard InChI is InChI=1S/C27H33ClN2O3S/c1-19-22(28)10-7-11-23(19)30(34(32,33)21-8-5-4-6-9-21)15-24(31)29-27-14-20-12-25(2,17-27)16-26(3,13-20)18-27/h4-11,20H,12-18H2,1-3H3,(H,29,31). The monoisotopic (exact) mass is 500 g/mol. The van der Waals surface area contributed by atoms with Gasteiger partial charge in [-0.05, 0) is 92.0 Å². The van der Waals surface area contributed by atoms with Gasteiger partial charge in [0.1, 0.15) is 6.54 Å². The second-order valence-electron chi connectivity index (χ2n) is 11.7. The lowest BCUT2D eigenvalue weighted by atomic mass is 9.43. The molecule has 0 radical (unpaired) electrons. The predicted octanol–water partition coefficient (Wildman–Crippen LogP) is 5.71. The van der Waals surface area contributed by atoms with Gasteiger partial charge in [-0.2, -0.15) is 0 Å². The van der Waals surface area contributed by atoms with Crippen LogP contribution in [0.3, 0.4) is 0 Å². The topological polar surface area (TPSA) is 66.5 Å². The first-order valence-electron chi connectivity index (χ1n) is 12.1. The average molecular weight is 501 g/mol. The molecule has 4 saturated carbocycles. The fourth-order valence-corrected chi connectivity index (χ4v) is 9.61. The molecule has 2 aromatic carbocycles. The molecule has 0 heterocycles. The van der Waals surface area contributed by atoms with Crippen molar-refractivity contribution in [2.75, 3.05) is 10.8 Å². The number of halogens is 1. The van der Waals surface area contributed by atoms with Crippen LogP contribution in [-0.2, 0) is 14.8 Å². The van der Waals surface area contributed by atoms with Crippen LogP contribution in [0, 0.1) is 23.7 Å². The van der Waals surface area contributed by atoms with Gasteiger partial charge in [0.2, 0.25) is 5.91 Å². The fraction of sp³-hybridized carbons (Fsp3) is 0.519. The summed E-state index contributed by atoms with van der Waals surface area (Å²) in [6, 6.07) is 13.4. The molecule has 7 heteroatoms. The first kappa shape index (κ1) is 23.7. The predicted molar refractivity (Wildman–Crippen MR) is 135 cm³/mol. The van der Waals surface area contributed by atoms with E-state index in [1.165, 1.54) is 23.6 Å². The van der Waals surface area contributed by atoms with E-state index in [9.17, 15) is 13.2 Å². The Kier molecular flexibility index (Phi) is 5.56. The summed E-state index contributed by atoms with van der Waals surface area (Å²) in [4.78, 5) is 13.7. The maximum atomic E-state index is 13.7. The molecular weight excluding hydrogens is 468 g/mol. The van der Waals surface area contributed by atoms with Crippen molar-refractivity contribution in [1.29, 1.82) is 0 Å². The zero-order chi connectivity index (χ0) is 24.4. The van der Waals surface area contributed by atoms with E-state index in [0.717, 1.165) is 19.3 Å². The van der Waals surface area contributed by atoms with E-state index >= 15 is 0 Å². The quantitative estimate of drug-likeness (QED) is 0.552. The summed E-state index contributed by atoms with van der Waals surface area (Å²) in [5.74, 6) is 0.374. The number of amides is 1. The molecule has 182 valence electrons. The maximum Gasteiger partial charge on any atom is 0.264 e. The lowest BCUT2D eigenvalue weighted by Crippen LogP contribution is -2.65. The molecule has 0 aromatic heterocycles. The number of nitrogens with one attached hydrogen (secondary N) is 1. The number of carbonyl (C=O) groups is 1. The highest BCUT2D eigenvalue weighted by molar-refractivity contribution is 7.92. The third-order valence-electron chi connectivity index (χ3n) is 8.16. The van der Waals surface area contributed by atoms with Gasteiger partial charge in [0.05, 0.1) is 10.6 Å². The SMILES string of the molecule is Cc1c(Cl)cccc1N(CC(=O)NC12CC3CC(C)(CC(C)(C3)C1)C2)S(=O)(=O)c1ccccc1. The minimum absolute atomic E-state index is 0.150. The third kappa shape index (κ3) is 4.13. The summed E-state index contributed by atoms with van der Waals surface area (Å²) >= 11 is 6.34. The molecular formula is C27H33ClN2O3S. The van der Waals surface area contributed by atoms with Gasteiger partial charge < -0.3 is 5.32 Å². The van der Waals surface area contributed by atoms with E-state index in [2.05, 4.69) is 19.2 Å².